The first-order chi connectivity index (χ1) is 10.3. The lowest BCUT2D eigenvalue weighted by atomic mass is 10.2. The van der Waals surface area contributed by atoms with Gasteiger partial charge in [0.05, 0.1) is 25.6 Å². The maximum Gasteiger partial charge on any atom is 0.213 e. The molecular weight excluding hydrogens is 268 g/mol. The SMILES string of the molecule is COCCOc1ccc(NCc2cccc(OC)c2)cn1. The number of ether oxygens (including phenoxy) is 3. The Morgan fingerprint density at radius 1 is 1.10 bits per heavy atom. The van der Waals surface area contributed by atoms with E-state index < -0.39 is 0 Å². The smallest absolute Gasteiger partial charge is 0.213 e. The molecule has 0 spiro atoms. The maximum atomic E-state index is 5.41. The molecule has 0 fully saturated rings. The second-order valence-electron chi connectivity index (χ2n) is 4.43. The summed E-state index contributed by atoms with van der Waals surface area (Å²) in [7, 11) is 3.31. The summed E-state index contributed by atoms with van der Waals surface area (Å²) < 4.78 is 15.5. The number of nitrogens with one attached hydrogen (secondary N) is 1. The summed E-state index contributed by atoms with van der Waals surface area (Å²) in [6.07, 6.45) is 1.75. The van der Waals surface area contributed by atoms with Crippen LogP contribution in [0.3, 0.4) is 0 Å². The fourth-order valence-corrected chi connectivity index (χ4v) is 1.79. The molecule has 0 saturated carbocycles. The summed E-state index contributed by atoms with van der Waals surface area (Å²) in [5.74, 6) is 1.45. The van der Waals surface area contributed by atoms with E-state index in [1.165, 1.54) is 0 Å². The highest BCUT2D eigenvalue weighted by Gasteiger charge is 1.99. The molecule has 5 heteroatoms. The highest BCUT2D eigenvalue weighted by molar-refractivity contribution is 5.43. The van der Waals surface area contributed by atoms with E-state index in [2.05, 4.69) is 10.3 Å². The van der Waals surface area contributed by atoms with Gasteiger partial charge >= 0.3 is 0 Å². The molecule has 21 heavy (non-hydrogen) atoms. The molecule has 2 aromatic rings. The minimum absolute atomic E-state index is 0.500. The zero-order chi connectivity index (χ0) is 14.9. The van der Waals surface area contributed by atoms with Gasteiger partial charge in [0.2, 0.25) is 5.88 Å². The molecule has 1 aromatic heterocycles. The molecule has 1 N–H and O–H groups in total. The first-order valence-corrected chi connectivity index (χ1v) is 6.76. The van der Waals surface area contributed by atoms with Gasteiger partial charge in [-0.3, -0.25) is 0 Å². The lowest BCUT2D eigenvalue weighted by Gasteiger charge is -2.09. The molecule has 0 unspecified atom stereocenters. The van der Waals surface area contributed by atoms with Crippen LogP contribution < -0.4 is 14.8 Å². The monoisotopic (exact) mass is 288 g/mol. The number of pyridine rings is 1. The predicted molar refractivity (Wildman–Crippen MR) is 81.9 cm³/mol. The number of methoxy groups -OCH3 is 2. The number of hydrogen-bond acceptors (Lipinski definition) is 5. The molecule has 5 nitrogen and oxygen atoms in total. The molecule has 1 aromatic carbocycles. The number of hydrogen-bond donors (Lipinski definition) is 1. The van der Waals surface area contributed by atoms with Crippen LogP contribution in [0.15, 0.2) is 42.6 Å². The van der Waals surface area contributed by atoms with E-state index in [1.54, 1.807) is 20.4 Å². The quantitative estimate of drug-likeness (QED) is 0.757. The molecule has 0 aliphatic rings. The van der Waals surface area contributed by atoms with Crippen LogP contribution in [0, 0.1) is 0 Å². The third-order valence-corrected chi connectivity index (χ3v) is 2.90. The minimum Gasteiger partial charge on any atom is -0.497 e. The van der Waals surface area contributed by atoms with E-state index in [9.17, 15) is 0 Å². The first-order valence-electron chi connectivity index (χ1n) is 6.76. The summed E-state index contributed by atoms with van der Waals surface area (Å²) in [5, 5.41) is 3.31. The molecular formula is C16H20N2O3. The molecule has 1 heterocycles. The number of benzene rings is 1. The molecule has 0 bridgehead atoms. The number of aromatic nitrogens is 1. The van der Waals surface area contributed by atoms with E-state index >= 15 is 0 Å². The third-order valence-electron chi connectivity index (χ3n) is 2.90. The fraction of sp³-hybridized carbons (Fsp3) is 0.312. The van der Waals surface area contributed by atoms with Crippen molar-refractivity contribution in [1.82, 2.24) is 4.98 Å². The highest BCUT2D eigenvalue weighted by Crippen LogP contribution is 2.15. The Kier molecular flexibility index (Phi) is 5.84. The van der Waals surface area contributed by atoms with Gasteiger partial charge < -0.3 is 19.5 Å². The van der Waals surface area contributed by atoms with Crippen molar-refractivity contribution in [2.45, 2.75) is 6.54 Å². The Hall–Kier alpha value is -2.27. The van der Waals surface area contributed by atoms with Crippen molar-refractivity contribution in [2.24, 2.45) is 0 Å². The van der Waals surface area contributed by atoms with Gasteiger partial charge in [0.25, 0.3) is 0 Å². The van der Waals surface area contributed by atoms with Crippen LogP contribution in [0.2, 0.25) is 0 Å². The van der Waals surface area contributed by atoms with E-state index in [4.69, 9.17) is 14.2 Å². The topological polar surface area (TPSA) is 52.6 Å². The van der Waals surface area contributed by atoms with Crippen molar-refractivity contribution >= 4 is 5.69 Å². The molecule has 0 saturated heterocycles. The van der Waals surface area contributed by atoms with Crippen LogP contribution >= 0.6 is 0 Å². The summed E-state index contributed by atoms with van der Waals surface area (Å²) >= 11 is 0. The van der Waals surface area contributed by atoms with Crippen molar-refractivity contribution in [3.05, 3.63) is 48.2 Å². The number of rotatable bonds is 8. The van der Waals surface area contributed by atoms with Crippen LogP contribution in [-0.4, -0.2) is 32.4 Å². The van der Waals surface area contributed by atoms with Gasteiger partial charge in [-0.15, -0.1) is 0 Å². The average Bonchev–Trinajstić information content (AvgIpc) is 2.54. The molecule has 2 rings (SSSR count). The Labute approximate surface area is 124 Å². The first kappa shape index (κ1) is 15.1. The van der Waals surface area contributed by atoms with Gasteiger partial charge in [-0.05, 0) is 23.8 Å². The average molecular weight is 288 g/mol. The molecule has 0 amide bonds. The van der Waals surface area contributed by atoms with Crippen molar-refractivity contribution in [1.29, 1.82) is 0 Å². The highest BCUT2D eigenvalue weighted by atomic mass is 16.5. The van der Waals surface area contributed by atoms with Gasteiger partial charge in [-0.1, -0.05) is 12.1 Å². The second kappa shape index (κ2) is 8.11. The zero-order valence-corrected chi connectivity index (χ0v) is 12.3. The fourth-order valence-electron chi connectivity index (χ4n) is 1.79. The van der Waals surface area contributed by atoms with Crippen molar-refractivity contribution in [2.75, 3.05) is 32.8 Å². The second-order valence-corrected chi connectivity index (χ2v) is 4.43. The summed E-state index contributed by atoms with van der Waals surface area (Å²) in [6.45, 7) is 1.76. The van der Waals surface area contributed by atoms with Crippen molar-refractivity contribution < 1.29 is 14.2 Å². The van der Waals surface area contributed by atoms with Crippen LogP contribution in [0.1, 0.15) is 5.56 Å². The molecule has 112 valence electrons. The van der Waals surface area contributed by atoms with E-state index in [0.29, 0.717) is 25.6 Å². The van der Waals surface area contributed by atoms with E-state index in [0.717, 1.165) is 17.0 Å². The lowest BCUT2D eigenvalue weighted by molar-refractivity contribution is 0.144. The van der Waals surface area contributed by atoms with E-state index in [1.807, 2.05) is 36.4 Å². The molecule has 0 radical (unpaired) electrons. The van der Waals surface area contributed by atoms with Crippen LogP contribution in [-0.2, 0) is 11.3 Å². The van der Waals surface area contributed by atoms with Gasteiger partial charge in [-0.25, -0.2) is 4.98 Å². The Bertz CT molecular complexity index is 543. The summed E-state index contributed by atoms with van der Waals surface area (Å²) in [5.41, 5.74) is 2.09. The normalized spacial score (nSPS) is 10.2. The van der Waals surface area contributed by atoms with Crippen molar-refractivity contribution in [3.63, 3.8) is 0 Å². The van der Waals surface area contributed by atoms with E-state index in [-0.39, 0.29) is 0 Å². The lowest BCUT2D eigenvalue weighted by Crippen LogP contribution is -2.05. The third kappa shape index (κ3) is 4.96. The standard InChI is InChI=1S/C16H20N2O3/c1-19-8-9-21-16-7-6-14(12-18-16)17-11-13-4-3-5-15(10-13)20-2/h3-7,10,12,17H,8-9,11H2,1-2H3. The maximum absolute atomic E-state index is 5.41. The van der Waals surface area contributed by atoms with Gasteiger partial charge in [0.1, 0.15) is 12.4 Å². The Balaban J connectivity index is 1.85. The van der Waals surface area contributed by atoms with Crippen LogP contribution in [0.25, 0.3) is 0 Å². The molecule has 0 aliphatic heterocycles. The zero-order valence-electron chi connectivity index (χ0n) is 12.3. The Morgan fingerprint density at radius 2 is 2.00 bits per heavy atom. The number of nitrogens with zero attached hydrogens (tertiary/aromatic N) is 1. The number of anilines is 1. The van der Waals surface area contributed by atoms with Crippen molar-refractivity contribution in [3.8, 4) is 11.6 Å². The predicted octanol–water partition coefficient (Wildman–Crippen LogP) is 2.73. The van der Waals surface area contributed by atoms with Crippen LogP contribution in [0.5, 0.6) is 11.6 Å². The molecule has 0 atom stereocenters. The van der Waals surface area contributed by atoms with Crippen LogP contribution in [0.4, 0.5) is 5.69 Å². The Morgan fingerprint density at radius 3 is 2.71 bits per heavy atom. The summed E-state index contributed by atoms with van der Waals surface area (Å²) in [4.78, 5) is 4.23. The minimum atomic E-state index is 0.500. The molecule has 0 aliphatic carbocycles. The van der Waals surface area contributed by atoms with Gasteiger partial charge in [-0.2, -0.15) is 0 Å². The van der Waals surface area contributed by atoms with Gasteiger partial charge in [0, 0.05) is 19.7 Å². The largest absolute Gasteiger partial charge is 0.497 e. The van der Waals surface area contributed by atoms with Gasteiger partial charge in [0.15, 0.2) is 0 Å². The summed E-state index contributed by atoms with van der Waals surface area (Å²) in [6, 6.07) is 11.7.